The second-order valence-electron chi connectivity index (χ2n) is 4.03. The predicted molar refractivity (Wildman–Crippen MR) is 64.0 cm³/mol. The van der Waals surface area contributed by atoms with Crippen LogP contribution in [0.2, 0.25) is 0 Å². The number of rotatable bonds is 10. The summed E-state index contributed by atoms with van der Waals surface area (Å²) in [6, 6.07) is 0. The van der Waals surface area contributed by atoms with Crippen molar-refractivity contribution in [2.24, 2.45) is 5.92 Å². The monoisotopic (exact) mass is 215 g/mol. The molecule has 0 saturated carbocycles. The predicted octanol–water partition coefficient (Wildman–Crippen LogP) is 1.58. The van der Waals surface area contributed by atoms with Gasteiger partial charge in [0.1, 0.15) is 0 Å². The third-order valence-corrected chi connectivity index (χ3v) is 2.20. The van der Waals surface area contributed by atoms with E-state index < -0.39 is 6.10 Å². The minimum atomic E-state index is -0.418. The zero-order valence-electron chi connectivity index (χ0n) is 10.0. The smallest absolute Gasteiger partial charge is 0.0897 e. The van der Waals surface area contributed by atoms with Crippen LogP contribution in [-0.4, -0.2) is 37.5 Å². The van der Waals surface area contributed by atoms with Gasteiger partial charge in [0.2, 0.25) is 0 Å². The number of aliphatic hydroxyl groups excluding tert-OH is 1. The van der Waals surface area contributed by atoms with Crippen molar-refractivity contribution in [3.05, 3.63) is 12.7 Å². The Hall–Kier alpha value is -0.380. The Kier molecular flexibility index (Phi) is 9.89. The number of ether oxygens (including phenoxy) is 1. The summed E-state index contributed by atoms with van der Waals surface area (Å²) in [5.74, 6) is 0.677. The van der Waals surface area contributed by atoms with Crippen molar-refractivity contribution >= 4 is 0 Å². The molecule has 2 atom stereocenters. The Bertz CT molecular complexity index is 151. The molecular weight excluding hydrogens is 190 g/mol. The van der Waals surface area contributed by atoms with Gasteiger partial charge in [-0.1, -0.05) is 26.3 Å². The highest BCUT2D eigenvalue weighted by Crippen LogP contribution is 2.02. The van der Waals surface area contributed by atoms with Crippen molar-refractivity contribution in [1.29, 1.82) is 0 Å². The van der Waals surface area contributed by atoms with Gasteiger partial charge in [-0.2, -0.15) is 0 Å². The summed E-state index contributed by atoms with van der Waals surface area (Å²) in [6.07, 6.45) is 3.71. The fourth-order valence-corrected chi connectivity index (χ4v) is 1.44. The molecule has 0 amide bonds. The first kappa shape index (κ1) is 14.6. The van der Waals surface area contributed by atoms with Crippen LogP contribution in [0.1, 0.15) is 26.7 Å². The topological polar surface area (TPSA) is 41.5 Å². The van der Waals surface area contributed by atoms with Crippen LogP contribution in [0.25, 0.3) is 0 Å². The third-order valence-electron chi connectivity index (χ3n) is 2.20. The van der Waals surface area contributed by atoms with Crippen LogP contribution in [0, 0.1) is 5.92 Å². The molecule has 0 rings (SSSR count). The third kappa shape index (κ3) is 9.91. The van der Waals surface area contributed by atoms with Gasteiger partial charge in [0, 0.05) is 6.54 Å². The van der Waals surface area contributed by atoms with Crippen LogP contribution in [-0.2, 0) is 4.74 Å². The molecule has 0 radical (unpaired) electrons. The van der Waals surface area contributed by atoms with Gasteiger partial charge in [0.05, 0.1) is 19.3 Å². The van der Waals surface area contributed by atoms with Gasteiger partial charge in [0.15, 0.2) is 0 Å². The lowest BCUT2D eigenvalue weighted by Gasteiger charge is -2.14. The summed E-state index contributed by atoms with van der Waals surface area (Å²) in [5.41, 5.74) is 0. The summed E-state index contributed by atoms with van der Waals surface area (Å²) in [7, 11) is 0. The number of nitrogens with one attached hydrogen (secondary N) is 1. The highest BCUT2D eigenvalue weighted by Gasteiger charge is 2.04. The Morgan fingerprint density at radius 1 is 1.47 bits per heavy atom. The Labute approximate surface area is 93.5 Å². The van der Waals surface area contributed by atoms with E-state index in [-0.39, 0.29) is 0 Å². The molecule has 0 bridgehead atoms. The Morgan fingerprint density at radius 3 is 2.80 bits per heavy atom. The van der Waals surface area contributed by atoms with Crippen LogP contribution in [0.15, 0.2) is 12.7 Å². The van der Waals surface area contributed by atoms with Gasteiger partial charge >= 0.3 is 0 Å². The van der Waals surface area contributed by atoms with Gasteiger partial charge in [0.25, 0.3) is 0 Å². The lowest BCUT2D eigenvalue weighted by molar-refractivity contribution is 0.0491. The minimum absolute atomic E-state index is 0.376. The molecule has 0 aromatic carbocycles. The fraction of sp³-hybridized carbons (Fsp3) is 0.833. The normalized spacial score (nSPS) is 14.9. The van der Waals surface area contributed by atoms with E-state index in [1.807, 2.05) is 0 Å². The van der Waals surface area contributed by atoms with E-state index in [1.165, 1.54) is 12.8 Å². The minimum Gasteiger partial charge on any atom is -0.389 e. The molecule has 0 heterocycles. The van der Waals surface area contributed by atoms with E-state index in [2.05, 4.69) is 25.7 Å². The molecular formula is C12H25NO2. The van der Waals surface area contributed by atoms with Crippen LogP contribution in [0.3, 0.4) is 0 Å². The van der Waals surface area contributed by atoms with Crippen molar-refractivity contribution in [1.82, 2.24) is 5.32 Å². The summed E-state index contributed by atoms with van der Waals surface area (Å²) in [6.45, 7) is 10.4. The molecule has 3 nitrogen and oxygen atoms in total. The molecule has 90 valence electrons. The highest BCUT2D eigenvalue weighted by molar-refractivity contribution is 4.66. The summed E-state index contributed by atoms with van der Waals surface area (Å²) in [5, 5.41) is 12.7. The summed E-state index contributed by atoms with van der Waals surface area (Å²) < 4.78 is 5.14. The molecule has 0 aliphatic carbocycles. The van der Waals surface area contributed by atoms with Crippen LogP contribution in [0.5, 0.6) is 0 Å². The van der Waals surface area contributed by atoms with E-state index >= 15 is 0 Å². The maximum absolute atomic E-state index is 9.50. The summed E-state index contributed by atoms with van der Waals surface area (Å²) >= 11 is 0. The van der Waals surface area contributed by atoms with Crippen molar-refractivity contribution in [2.45, 2.75) is 32.8 Å². The average Bonchev–Trinajstić information content (AvgIpc) is 2.18. The van der Waals surface area contributed by atoms with Gasteiger partial charge in [-0.05, 0) is 18.9 Å². The first-order valence-corrected chi connectivity index (χ1v) is 5.78. The van der Waals surface area contributed by atoms with Crippen LogP contribution >= 0.6 is 0 Å². The molecule has 2 unspecified atom stereocenters. The molecule has 0 spiro atoms. The quantitative estimate of drug-likeness (QED) is 0.429. The number of hydrogen-bond acceptors (Lipinski definition) is 3. The average molecular weight is 215 g/mol. The lowest BCUT2D eigenvalue weighted by Crippen LogP contribution is -2.33. The van der Waals surface area contributed by atoms with Crippen molar-refractivity contribution in [2.75, 3.05) is 26.3 Å². The molecule has 2 N–H and O–H groups in total. The first-order valence-electron chi connectivity index (χ1n) is 5.78. The van der Waals surface area contributed by atoms with E-state index in [4.69, 9.17) is 4.74 Å². The standard InChI is InChI=1S/C12H25NO2/c1-4-6-11(3)8-13-9-12(14)10-15-7-5-2/h5,11-14H,2,4,6-10H2,1,3H3. The molecule has 3 heteroatoms. The SMILES string of the molecule is C=CCOCC(O)CNCC(C)CCC. The maximum Gasteiger partial charge on any atom is 0.0897 e. The van der Waals surface area contributed by atoms with Gasteiger partial charge in [-0.3, -0.25) is 0 Å². The van der Waals surface area contributed by atoms with Crippen LogP contribution in [0.4, 0.5) is 0 Å². The first-order chi connectivity index (χ1) is 7.20. The van der Waals surface area contributed by atoms with E-state index in [1.54, 1.807) is 6.08 Å². The molecule has 0 saturated heterocycles. The molecule has 0 aromatic heterocycles. The largest absolute Gasteiger partial charge is 0.389 e. The molecule has 0 fully saturated rings. The number of hydrogen-bond donors (Lipinski definition) is 2. The van der Waals surface area contributed by atoms with E-state index in [0.717, 1.165) is 6.54 Å². The Morgan fingerprint density at radius 2 is 2.20 bits per heavy atom. The second-order valence-corrected chi connectivity index (χ2v) is 4.03. The van der Waals surface area contributed by atoms with Crippen molar-refractivity contribution in [3.63, 3.8) is 0 Å². The van der Waals surface area contributed by atoms with Crippen LogP contribution < -0.4 is 5.32 Å². The van der Waals surface area contributed by atoms with Gasteiger partial charge < -0.3 is 15.2 Å². The van der Waals surface area contributed by atoms with Crippen molar-refractivity contribution < 1.29 is 9.84 Å². The summed E-state index contributed by atoms with van der Waals surface area (Å²) in [4.78, 5) is 0. The highest BCUT2D eigenvalue weighted by atomic mass is 16.5. The number of aliphatic hydroxyl groups is 1. The molecule has 0 aromatic rings. The Balaban J connectivity index is 3.29. The van der Waals surface area contributed by atoms with E-state index in [9.17, 15) is 5.11 Å². The van der Waals surface area contributed by atoms with Crippen molar-refractivity contribution in [3.8, 4) is 0 Å². The zero-order chi connectivity index (χ0) is 11.5. The molecule has 0 aliphatic rings. The van der Waals surface area contributed by atoms with Gasteiger partial charge in [-0.25, -0.2) is 0 Å². The zero-order valence-corrected chi connectivity index (χ0v) is 10.0. The lowest BCUT2D eigenvalue weighted by atomic mass is 10.1. The maximum atomic E-state index is 9.50. The molecule has 15 heavy (non-hydrogen) atoms. The second kappa shape index (κ2) is 10.1. The molecule has 0 aliphatic heterocycles. The van der Waals surface area contributed by atoms with Gasteiger partial charge in [-0.15, -0.1) is 6.58 Å². The fourth-order valence-electron chi connectivity index (χ4n) is 1.44. The van der Waals surface area contributed by atoms with E-state index in [0.29, 0.717) is 25.7 Å².